The van der Waals surface area contributed by atoms with Crippen LogP contribution in [0.3, 0.4) is 0 Å². The van der Waals surface area contributed by atoms with Crippen molar-refractivity contribution in [1.29, 1.82) is 0 Å². The Bertz CT molecular complexity index is 1900. The molecule has 10 heteroatoms. The zero-order valence-corrected chi connectivity index (χ0v) is 24.2. The van der Waals surface area contributed by atoms with Gasteiger partial charge in [0.2, 0.25) is 0 Å². The first-order chi connectivity index (χ1) is 20.7. The Kier molecular flexibility index (Phi) is 8.54. The van der Waals surface area contributed by atoms with Crippen LogP contribution in [0.15, 0.2) is 90.0 Å². The molecule has 1 heterocycles. The van der Waals surface area contributed by atoms with Gasteiger partial charge in [0.05, 0.1) is 18.9 Å². The van der Waals surface area contributed by atoms with Gasteiger partial charge in [-0.25, -0.2) is 10.2 Å². The molecule has 43 heavy (non-hydrogen) atoms. The highest BCUT2D eigenvalue weighted by Crippen LogP contribution is 2.37. The number of ether oxygens (including phenoxy) is 3. The lowest BCUT2D eigenvalue weighted by Gasteiger charge is -2.11. The highest BCUT2D eigenvalue weighted by atomic mass is 35.5. The molecule has 0 aliphatic carbocycles. The number of carbonyl (C=O) groups excluding carboxylic acids is 3. The number of rotatable bonds is 8. The van der Waals surface area contributed by atoms with Crippen LogP contribution in [0.5, 0.6) is 17.2 Å². The Labute approximate surface area is 252 Å². The number of fused-ring (bicyclic) bond motifs is 1. The van der Waals surface area contributed by atoms with E-state index in [9.17, 15) is 14.4 Å². The summed E-state index contributed by atoms with van der Waals surface area (Å²) in [5.74, 6) is -1.08. The molecule has 1 aromatic heterocycles. The van der Waals surface area contributed by atoms with Crippen molar-refractivity contribution in [2.75, 3.05) is 7.11 Å². The van der Waals surface area contributed by atoms with Crippen LogP contribution in [0, 0.1) is 6.92 Å². The van der Waals surface area contributed by atoms with Gasteiger partial charge in [-0.05, 0) is 55.5 Å². The number of halogens is 1. The molecule has 0 saturated heterocycles. The molecule has 5 rings (SSSR count). The van der Waals surface area contributed by atoms with Crippen LogP contribution in [-0.2, 0) is 4.79 Å². The Morgan fingerprint density at radius 3 is 2.42 bits per heavy atom. The van der Waals surface area contributed by atoms with Gasteiger partial charge in [0.15, 0.2) is 11.5 Å². The Morgan fingerprint density at radius 1 is 0.884 bits per heavy atom. The minimum absolute atomic E-state index is 0.175. The lowest BCUT2D eigenvalue weighted by Crippen LogP contribution is -2.19. The first-order valence-electron chi connectivity index (χ1n) is 13.1. The molecule has 0 aliphatic heterocycles. The van der Waals surface area contributed by atoms with Crippen molar-refractivity contribution >= 4 is 46.6 Å². The number of hydrogen-bond donors (Lipinski definition) is 2. The van der Waals surface area contributed by atoms with Crippen molar-refractivity contribution in [2.24, 2.45) is 5.10 Å². The van der Waals surface area contributed by atoms with Gasteiger partial charge in [-0.2, -0.15) is 5.10 Å². The van der Waals surface area contributed by atoms with Crippen LogP contribution in [0.2, 0.25) is 5.02 Å². The van der Waals surface area contributed by atoms with Crippen LogP contribution in [0.4, 0.5) is 0 Å². The first-order valence-corrected chi connectivity index (χ1v) is 13.5. The van der Waals surface area contributed by atoms with E-state index in [2.05, 4.69) is 15.5 Å². The molecule has 0 saturated carbocycles. The van der Waals surface area contributed by atoms with E-state index in [1.54, 1.807) is 30.3 Å². The number of nitrogens with zero attached hydrogens (tertiary/aromatic N) is 1. The summed E-state index contributed by atoms with van der Waals surface area (Å²) in [5.41, 5.74) is 6.68. The molecule has 4 aromatic carbocycles. The molecular weight excluding hydrogens is 570 g/mol. The monoisotopic (exact) mass is 595 g/mol. The number of aromatic amines is 1. The van der Waals surface area contributed by atoms with Crippen molar-refractivity contribution in [1.82, 2.24) is 10.4 Å². The molecule has 9 nitrogen and oxygen atoms in total. The standard InChI is InChI=1S/C33H26ClN3O6/c1-19-12-14-26-24(16-19)30(23-9-5-6-10-25(23)34)31(36-26)32(39)37-35-18-22-8-4-7-11-27(22)43-33(40)21-13-15-28(42-20(2)38)29(17-21)41-3/h4-18,36H,1-3H3,(H,37,39). The molecule has 2 N–H and O–H groups in total. The average molecular weight is 596 g/mol. The zero-order chi connectivity index (χ0) is 30.5. The Morgan fingerprint density at radius 2 is 1.65 bits per heavy atom. The summed E-state index contributed by atoms with van der Waals surface area (Å²) in [6.45, 7) is 3.24. The molecule has 0 bridgehead atoms. The molecule has 0 spiro atoms. The number of H-pyrrole nitrogens is 1. The lowest BCUT2D eigenvalue weighted by molar-refractivity contribution is -0.132. The molecule has 0 atom stereocenters. The summed E-state index contributed by atoms with van der Waals surface area (Å²) in [5, 5.41) is 5.50. The summed E-state index contributed by atoms with van der Waals surface area (Å²) >= 11 is 6.52. The van der Waals surface area contributed by atoms with Gasteiger partial charge in [0.1, 0.15) is 11.4 Å². The summed E-state index contributed by atoms with van der Waals surface area (Å²) in [6.07, 6.45) is 1.38. The van der Waals surface area contributed by atoms with Gasteiger partial charge in [-0.1, -0.05) is 53.6 Å². The Hall–Kier alpha value is -5.41. The second kappa shape index (κ2) is 12.6. The van der Waals surface area contributed by atoms with Gasteiger partial charge >= 0.3 is 11.9 Å². The third-order valence-electron chi connectivity index (χ3n) is 6.47. The molecular formula is C33H26ClN3O6. The summed E-state index contributed by atoms with van der Waals surface area (Å²) in [6, 6.07) is 24.2. The minimum atomic E-state index is -0.671. The van der Waals surface area contributed by atoms with Crippen molar-refractivity contribution in [3.05, 3.63) is 112 Å². The second-order valence-corrected chi connectivity index (χ2v) is 9.90. The summed E-state index contributed by atoms with van der Waals surface area (Å²) < 4.78 is 15.9. The molecule has 0 radical (unpaired) electrons. The summed E-state index contributed by atoms with van der Waals surface area (Å²) in [7, 11) is 1.39. The van der Waals surface area contributed by atoms with E-state index in [-0.39, 0.29) is 22.8 Å². The minimum Gasteiger partial charge on any atom is -0.493 e. The van der Waals surface area contributed by atoms with E-state index < -0.39 is 17.8 Å². The molecule has 1 amide bonds. The van der Waals surface area contributed by atoms with Gasteiger partial charge < -0.3 is 19.2 Å². The fourth-order valence-electron chi connectivity index (χ4n) is 4.51. The number of carbonyl (C=O) groups is 3. The maximum atomic E-state index is 13.4. The number of aromatic nitrogens is 1. The van der Waals surface area contributed by atoms with E-state index in [4.69, 9.17) is 25.8 Å². The largest absolute Gasteiger partial charge is 0.493 e. The second-order valence-electron chi connectivity index (χ2n) is 9.49. The van der Waals surface area contributed by atoms with Crippen LogP contribution < -0.4 is 19.6 Å². The number of methoxy groups -OCH3 is 1. The van der Waals surface area contributed by atoms with E-state index in [1.807, 2.05) is 43.3 Å². The number of esters is 2. The zero-order valence-electron chi connectivity index (χ0n) is 23.4. The van der Waals surface area contributed by atoms with Crippen LogP contribution in [-0.4, -0.2) is 36.2 Å². The molecule has 0 unspecified atom stereocenters. The van der Waals surface area contributed by atoms with Gasteiger partial charge in [0.25, 0.3) is 5.91 Å². The van der Waals surface area contributed by atoms with E-state index >= 15 is 0 Å². The smallest absolute Gasteiger partial charge is 0.343 e. The van der Waals surface area contributed by atoms with Crippen molar-refractivity contribution in [3.8, 4) is 28.4 Å². The van der Waals surface area contributed by atoms with Crippen molar-refractivity contribution in [3.63, 3.8) is 0 Å². The number of para-hydroxylation sites is 1. The molecule has 5 aromatic rings. The van der Waals surface area contributed by atoms with Crippen LogP contribution in [0.25, 0.3) is 22.0 Å². The van der Waals surface area contributed by atoms with Crippen LogP contribution >= 0.6 is 11.6 Å². The van der Waals surface area contributed by atoms with Crippen molar-refractivity contribution in [2.45, 2.75) is 13.8 Å². The SMILES string of the molecule is COc1cc(C(=O)Oc2ccccc2C=NNC(=O)c2[nH]c3ccc(C)cc3c2-c2ccccc2Cl)ccc1OC(C)=O. The number of nitrogens with one attached hydrogen (secondary N) is 2. The number of aryl methyl sites for hydroxylation is 1. The number of benzene rings is 4. The van der Waals surface area contributed by atoms with E-state index in [0.717, 1.165) is 16.5 Å². The highest BCUT2D eigenvalue weighted by molar-refractivity contribution is 6.34. The fourth-order valence-corrected chi connectivity index (χ4v) is 4.74. The summed E-state index contributed by atoms with van der Waals surface area (Å²) in [4.78, 5) is 40.8. The maximum Gasteiger partial charge on any atom is 0.343 e. The quantitative estimate of drug-likeness (QED) is 0.0890. The van der Waals surface area contributed by atoms with Gasteiger partial charge in [-0.3, -0.25) is 9.59 Å². The average Bonchev–Trinajstić information content (AvgIpc) is 3.36. The third kappa shape index (κ3) is 6.42. The predicted molar refractivity (Wildman–Crippen MR) is 164 cm³/mol. The predicted octanol–water partition coefficient (Wildman–Crippen LogP) is 6.71. The fraction of sp³-hybridized carbons (Fsp3) is 0.0909. The molecule has 0 aliphatic rings. The number of hydrogen-bond acceptors (Lipinski definition) is 7. The number of hydrazone groups is 1. The topological polar surface area (TPSA) is 119 Å². The third-order valence-corrected chi connectivity index (χ3v) is 6.80. The van der Waals surface area contributed by atoms with Crippen LogP contribution in [0.1, 0.15) is 38.9 Å². The Balaban J connectivity index is 1.37. The maximum absolute atomic E-state index is 13.4. The van der Waals surface area contributed by atoms with E-state index in [0.29, 0.717) is 27.4 Å². The highest BCUT2D eigenvalue weighted by Gasteiger charge is 2.21. The molecule has 0 fully saturated rings. The van der Waals surface area contributed by atoms with Gasteiger partial charge in [-0.15, -0.1) is 0 Å². The first kappa shape index (κ1) is 29.1. The lowest BCUT2D eigenvalue weighted by atomic mass is 10.0. The van der Waals surface area contributed by atoms with Crippen molar-refractivity contribution < 1.29 is 28.6 Å². The van der Waals surface area contributed by atoms with Gasteiger partial charge in [0, 0.05) is 39.5 Å². The van der Waals surface area contributed by atoms with E-state index in [1.165, 1.54) is 38.4 Å². The molecule has 216 valence electrons. The normalized spacial score (nSPS) is 11.0. The number of amides is 1.